The summed E-state index contributed by atoms with van der Waals surface area (Å²) in [6, 6.07) is 16.1. The number of thioether (sulfide) groups is 1. The van der Waals surface area contributed by atoms with Crippen molar-refractivity contribution in [1.29, 1.82) is 0 Å². The zero-order chi connectivity index (χ0) is 22.0. The van der Waals surface area contributed by atoms with Crippen molar-refractivity contribution in [2.75, 3.05) is 11.1 Å². The second-order valence-electron chi connectivity index (χ2n) is 6.82. The van der Waals surface area contributed by atoms with Gasteiger partial charge in [0.15, 0.2) is 9.99 Å². The Balaban J connectivity index is 1.85. The van der Waals surface area contributed by atoms with Crippen LogP contribution >= 0.6 is 23.1 Å². The van der Waals surface area contributed by atoms with Crippen molar-refractivity contribution in [3.05, 3.63) is 81.0 Å². The maximum atomic E-state index is 13.3. The van der Waals surface area contributed by atoms with Crippen molar-refractivity contribution in [3.63, 3.8) is 0 Å². The Morgan fingerprint density at radius 1 is 1.10 bits per heavy atom. The number of carbonyl (C=O) groups is 1. The molecule has 158 valence electrons. The molecule has 2 aromatic heterocycles. The molecule has 2 heterocycles. The van der Waals surface area contributed by atoms with Crippen LogP contribution < -0.4 is 16.6 Å². The summed E-state index contributed by atoms with van der Waals surface area (Å²) in [6.07, 6.45) is 0. The van der Waals surface area contributed by atoms with Crippen molar-refractivity contribution >= 4 is 45.0 Å². The van der Waals surface area contributed by atoms with E-state index in [1.165, 1.54) is 27.7 Å². The fourth-order valence-electron chi connectivity index (χ4n) is 3.13. The van der Waals surface area contributed by atoms with Crippen molar-refractivity contribution in [3.8, 4) is 5.69 Å². The Bertz CT molecular complexity index is 1360. The van der Waals surface area contributed by atoms with Gasteiger partial charge in [0.1, 0.15) is 11.2 Å². The number of hydrogen-bond donors (Lipinski definition) is 1. The number of hydrogen-bond acceptors (Lipinski definition) is 6. The molecule has 7 nitrogen and oxygen atoms in total. The van der Waals surface area contributed by atoms with Gasteiger partial charge >= 0.3 is 5.69 Å². The number of carbonyl (C=O) groups excluding carboxylic acids is 1. The minimum atomic E-state index is -0.595. The second kappa shape index (κ2) is 8.91. The number of aryl methyl sites for hydroxylation is 1. The van der Waals surface area contributed by atoms with Gasteiger partial charge in [0.2, 0.25) is 5.91 Å². The third kappa shape index (κ3) is 4.33. The lowest BCUT2D eigenvalue weighted by atomic mass is 10.2. The SMILES string of the molecule is CCSc1nc2c(s1)c(=O)n(-c1ccc(C)cc1)c(=O)n2CC(=O)Nc1ccccc1. The summed E-state index contributed by atoms with van der Waals surface area (Å²) in [5, 5.41) is 2.78. The number of benzene rings is 2. The van der Waals surface area contributed by atoms with Crippen LogP contribution in [0.2, 0.25) is 0 Å². The summed E-state index contributed by atoms with van der Waals surface area (Å²) >= 11 is 2.73. The number of para-hydroxylation sites is 1. The van der Waals surface area contributed by atoms with E-state index in [1.54, 1.807) is 24.3 Å². The molecule has 0 bridgehead atoms. The van der Waals surface area contributed by atoms with Crippen LogP contribution in [0.4, 0.5) is 5.69 Å². The van der Waals surface area contributed by atoms with E-state index in [0.717, 1.165) is 15.9 Å². The zero-order valence-electron chi connectivity index (χ0n) is 17.0. The van der Waals surface area contributed by atoms with Gasteiger partial charge in [0.25, 0.3) is 5.56 Å². The van der Waals surface area contributed by atoms with E-state index in [-0.39, 0.29) is 18.1 Å². The van der Waals surface area contributed by atoms with Gasteiger partial charge in [-0.1, -0.05) is 54.6 Å². The molecule has 0 aliphatic rings. The van der Waals surface area contributed by atoms with Crippen molar-refractivity contribution in [1.82, 2.24) is 14.1 Å². The van der Waals surface area contributed by atoms with Gasteiger partial charge in [-0.15, -0.1) is 11.3 Å². The standard InChI is InChI=1S/C22H20N4O3S2/c1-3-30-21-24-19-18(31-21)20(28)26(16-11-9-14(2)10-12-16)22(29)25(19)13-17(27)23-15-7-5-4-6-8-15/h4-12H,3,13H2,1-2H3,(H,23,27). The van der Waals surface area contributed by atoms with E-state index >= 15 is 0 Å². The highest BCUT2D eigenvalue weighted by Gasteiger charge is 2.20. The summed E-state index contributed by atoms with van der Waals surface area (Å²) in [4.78, 5) is 43.7. The first-order valence-corrected chi connectivity index (χ1v) is 11.5. The Hall–Kier alpha value is -3.17. The summed E-state index contributed by atoms with van der Waals surface area (Å²) < 4.78 is 3.41. The molecular weight excluding hydrogens is 432 g/mol. The van der Waals surface area contributed by atoms with Crippen LogP contribution in [0, 0.1) is 6.92 Å². The molecule has 0 aliphatic carbocycles. The number of aromatic nitrogens is 3. The van der Waals surface area contributed by atoms with E-state index < -0.39 is 11.2 Å². The van der Waals surface area contributed by atoms with E-state index in [9.17, 15) is 14.4 Å². The molecule has 0 atom stereocenters. The van der Waals surface area contributed by atoms with Crippen LogP contribution in [-0.2, 0) is 11.3 Å². The molecule has 0 spiro atoms. The topological polar surface area (TPSA) is 86.0 Å². The molecule has 0 radical (unpaired) electrons. The zero-order valence-corrected chi connectivity index (χ0v) is 18.6. The summed E-state index contributed by atoms with van der Waals surface area (Å²) in [6.45, 7) is 3.66. The Morgan fingerprint density at radius 2 is 1.81 bits per heavy atom. The van der Waals surface area contributed by atoms with Crippen LogP contribution in [0.15, 0.2) is 68.5 Å². The average molecular weight is 453 g/mol. The molecule has 2 aromatic carbocycles. The molecule has 0 aliphatic heterocycles. The quantitative estimate of drug-likeness (QED) is 0.451. The number of rotatable bonds is 6. The predicted octanol–water partition coefficient (Wildman–Crippen LogP) is 3.67. The fraction of sp³-hybridized carbons (Fsp3) is 0.182. The molecule has 0 saturated carbocycles. The number of amides is 1. The highest BCUT2D eigenvalue weighted by molar-refractivity contribution is 8.01. The lowest BCUT2D eigenvalue weighted by Gasteiger charge is -2.12. The normalized spacial score (nSPS) is 11.0. The molecule has 1 N–H and O–H groups in total. The third-order valence-corrected chi connectivity index (χ3v) is 6.64. The third-order valence-electron chi connectivity index (χ3n) is 4.58. The fourth-order valence-corrected chi connectivity index (χ4v) is 5.10. The molecular formula is C22H20N4O3S2. The molecule has 9 heteroatoms. The van der Waals surface area contributed by atoms with Gasteiger partial charge in [-0.05, 0) is 36.9 Å². The van der Waals surface area contributed by atoms with E-state index in [0.29, 0.717) is 20.4 Å². The Morgan fingerprint density at radius 3 is 2.48 bits per heavy atom. The predicted molar refractivity (Wildman–Crippen MR) is 126 cm³/mol. The number of nitrogens with zero attached hydrogens (tertiary/aromatic N) is 3. The molecule has 1 amide bonds. The van der Waals surface area contributed by atoms with E-state index in [4.69, 9.17) is 0 Å². The van der Waals surface area contributed by atoms with Crippen molar-refractivity contribution < 1.29 is 4.79 Å². The molecule has 4 aromatic rings. The monoisotopic (exact) mass is 452 g/mol. The highest BCUT2D eigenvalue weighted by Crippen LogP contribution is 2.27. The maximum absolute atomic E-state index is 13.3. The largest absolute Gasteiger partial charge is 0.337 e. The number of thiazole rings is 1. The number of anilines is 1. The lowest BCUT2D eigenvalue weighted by molar-refractivity contribution is -0.116. The van der Waals surface area contributed by atoms with Crippen LogP contribution in [0.3, 0.4) is 0 Å². The average Bonchev–Trinajstić information content (AvgIpc) is 3.18. The summed E-state index contributed by atoms with van der Waals surface area (Å²) in [5.74, 6) is 0.409. The van der Waals surface area contributed by atoms with Gasteiger partial charge in [0, 0.05) is 5.69 Å². The van der Waals surface area contributed by atoms with Crippen LogP contribution in [0.1, 0.15) is 12.5 Å². The summed E-state index contributed by atoms with van der Waals surface area (Å²) in [5.41, 5.74) is 1.32. The highest BCUT2D eigenvalue weighted by atomic mass is 32.2. The maximum Gasteiger partial charge on any atom is 0.337 e. The van der Waals surface area contributed by atoms with Gasteiger partial charge < -0.3 is 5.32 Å². The van der Waals surface area contributed by atoms with E-state index in [2.05, 4.69) is 10.3 Å². The second-order valence-corrected chi connectivity index (χ2v) is 9.33. The first-order chi connectivity index (χ1) is 15.0. The summed E-state index contributed by atoms with van der Waals surface area (Å²) in [7, 11) is 0. The van der Waals surface area contributed by atoms with Crippen molar-refractivity contribution in [2.24, 2.45) is 0 Å². The van der Waals surface area contributed by atoms with Gasteiger partial charge in [-0.2, -0.15) is 0 Å². The molecule has 0 unspecified atom stereocenters. The van der Waals surface area contributed by atoms with Gasteiger partial charge in [-0.25, -0.2) is 14.3 Å². The minimum absolute atomic E-state index is 0.238. The Labute approximate surface area is 186 Å². The van der Waals surface area contributed by atoms with E-state index in [1.807, 2.05) is 44.2 Å². The van der Waals surface area contributed by atoms with Crippen molar-refractivity contribution in [2.45, 2.75) is 24.7 Å². The van der Waals surface area contributed by atoms with Gasteiger partial charge in [0.05, 0.1) is 5.69 Å². The molecule has 0 fully saturated rings. The van der Waals surface area contributed by atoms with Crippen LogP contribution in [-0.4, -0.2) is 25.8 Å². The molecule has 0 saturated heterocycles. The number of nitrogens with one attached hydrogen (secondary N) is 1. The lowest BCUT2D eigenvalue weighted by Crippen LogP contribution is -2.40. The minimum Gasteiger partial charge on any atom is -0.325 e. The first-order valence-electron chi connectivity index (χ1n) is 9.69. The van der Waals surface area contributed by atoms with Crippen LogP contribution in [0.25, 0.3) is 16.0 Å². The van der Waals surface area contributed by atoms with Gasteiger partial charge in [-0.3, -0.25) is 14.2 Å². The molecule has 4 rings (SSSR count). The smallest absolute Gasteiger partial charge is 0.325 e. The van der Waals surface area contributed by atoms with Crippen LogP contribution in [0.5, 0.6) is 0 Å². The molecule has 31 heavy (non-hydrogen) atoms. The Kier molecular flexibility index (Phi) is 6.06. The number of fused-ring (bicyclic) bond motifs is 1. The first kappa shape index (κ1) is 21.1.